The van der Waals surface area contributed by atoms with E-state index in [0.29, 0.717) is 12.8 Å². The molecular formula is C23H30N5O3+. The van der Waals surface area contributed by atoms with Crippen molar-refractivity contribution in [3.63, 3.8) is 0 Å². The highest BCUT2D eigenvalue weighted by Gasteiger charge is 2.48. The summed E-state index contributed by atoms with van der Waals surface area (Å²) in [6, 6.07) is 13.6. The molecule has 2 aromatic rings. The van der Waals surface area contributed by atoms with Crippen LogP contribution in [0.15, 0.2) is 48.7 Å². The molecule has 0 saturated carbocycles. The number of aryl methyl sites for hydroxylation is 2. The number of hydrogen-bond acceptors (Lipinski definition) is 3. The minimum absolute atomic E-state index is 0.216. The first kappa shape index (κ1) is 21.1. The maximum absolute atomic E-state index is 12.9. The molecule has 4 amide bonds. The van der Waals surface area contributed by atoms with Crippen LogP contribution in [0.5, 0.6) is 0 Å². The second kappa shape index (κ2) is 8.55. The number of quaternary nitrogens is 1. The standard InChI is InChI=1S/C23H29N5O3/c1-23(13-12-17-8-4-3-5-9-17)21(30)28(22(31)24-23)25-20(29)16-27-15-7-11-19(27)18-10-6-14-26(18)2/h3-6,8-10,14,19H,7,11-13,15-16H2,1-2H3,(H,24,31)(H,25,29)/p+1/t19-,23-/m0/s1. The number of rotatable bonds is 7. The fraction of sp³-hybridized carbons (Fsp3) is 0.435. The number of nitrogens with zero attached hydrogens (tertiary/aromatic N) is 2. The van der Waals surface area contributed by atoms with Crippen molar-refractivity contribution in [1.82, 2.24) is 20.3 Å². The number of carbonyl (C=O) groups excluding carboxylic acids is 3. The average Bonchev–Trinajstić information content (AvgIpc) is 3.43. The van der Waals surface area contributed by atoms with E-state index in [1.54, 1.807) is 6.92 Å². The van der Waals surface area contributed by atoms with E-state index in [-0.39, 0.29) is 18.5 Å². The summed E-state index contributed by atoms with van der Waals surface area (Å²) in [5.41, 5.74) is 3.80. The quantitative estimate of drug-likeness (QED) is 0.573. The Bertz CT molecular complexity index is 973. The SMILES string of the molecule is Cn1cccc1[C@@H]1CCC[NH+]1CC(=O)NN1C(=O)N[C@@](C)(CCc2ccccc2)C1=O. The van der Waals surface area contributed by atoms with Crippen molar-refractivity contribution in [2.75, 3.05) is 13.1 Å². The predicted octanol–water partition coefficient (Wildman–Crippen LogP) is 0.719. The van der Waals surface area contributed by atoms with Gasteiger partial charge < -0.3 is 14.8 Å². The van der Waals surface area contributed by atoms with Crippen LogP contribution in [0, 0.1) is 0 Å². The molecular weight excluding hydrogens is 394 g/mol. The molecule has 3 N–H and O–H groups in total. The van der Waals surface area contributed by atoms with Gasteiger partial charge in [0.25, 0.3) is 11.8 Å². The second-order valence-corrected chi connectivity index (χ2v) is 8.75. The van der Waals surface area contributed by atoms with Crippen LogP contribution in [0.4, 0.5) is 4.79 Å². The predicted molar refractivity (Wildman–Crippen MR) is 115 cm³/mol. The fourth-order valence-corrected chi connectivity index (χ4v) is 4.68. The summed E-state index contributed by atoms with van der Waals surface area (Å²) in [5.74, 6) is -0.746. The van der Waals surface area contributed by atoms with Gasteiger partial charge in [0.05, 0.1) is 12.2 Å². The van der Waals surface area contributed by atoms with Crippen molar-refractivity contribution in [3.8, 4) is 0 Å². The first-order chi connectivity index (χ1) is 14.9. The number of hydrogen-bond donors (Lipinski definition) is 3. The summed E-state index contributed by atoms with van der Waals surface area (Å²) in [7, 11) is 2.01. The Morgan fingerprint density at radius 1 is 1.23 bits per heavy atom. The number of likely N-dealkylation sites (tertiary alicyclic amines) is 1. The molecule has 2 aliphatic heterocycles. The Balaban J connectivity index is 1.36. The Morgan fingerprint density at radius 3 is 2.71 bits per heavy atom. The molecule has 8 nitrogen and oxygen atoms in total. The van der Waals surface area contributed by atoms with Crippen LogP contribution >= 0.6 is 0 Å². The van der Waals surface area contributed by atoms with Crippen LogP contribution < -0.4 is 15.6 Å². The fourth-order valence-electron chi connectivity index (χ4n) is 4.68. The van der Waals surface area contributed by atoms with Crippen molar-refractivity contribution in [2.24, 2.45) is 7.05 Å². The molecule has 0 bridgehead atoms. The van der Waals surface area contributed by atoms with E-state index in [9.17, 15) is 14.4 Å². The van der Waals surface area contributed by atoms with Gasteiger partial charge in [-0.05, 0) is 37.5 Å². The van der Waals surface area contributed by atoms with Gasteiger partial charge in [-0.15, -0.1) is 0 Å². The highest BCUT2D eigenvalue weighted by molar-refractivity contribution is 6.07. The lowest BCUT2D eigenvalue weighted by Gasteiger charge is -2.23. The molecule has 4 rings (SSSR count). The first-order valence-corrected chi connectivity index (χ1v) is 10.8. The number of imide groups is 1. The molecule has 1 aromatic heterocycles. The summed E-state index contributed by atoms with van der Waals surface area (Å²) in [6.07, 6.45) is 5.18. The Labute approximate surface area is 182 Å². The molecule has 3 heterocycles. The number of carbonyl (C=O) groups is 3. The minimum atomic E-state index is -1.04. The Hall–Kier alpha value is -3.13. The molecule has 3 atom stereocenters. The van der Waals surface area contributed by atoms with Gasteiger partial charge in [-0.2, -0.15) is 5.01 Å². The van der Waals surface area contributed by atoms with Crippen molar-refractivity contribution in [1.29, 1.82) is 0 Å². The van der Waals surface area contributed by atoms with Gasteiger partial charge in [-0.25, -0.2) is 4.79 Å². The molecule has 0 spiro atoms. The largest absolute Gasteiger partial charge is 0.350 e. The normalized spacial score (nSPS) is 25.7. The number of nitrogens with one attached hydrogen (secondary N) is 3. The zero-order valence-electron chi connectivity index (χ0n) is 18.1. The maximum Gasteiger partial charge on any atom is 0.344 e. The van der Waals surface area contributed by atoms with Gasteiger partial charge in [0.2, 0.25) is 0 Å². The molecule has 1 aromatic carbocycles. The minimum Gasteiger partial charge on any atom is -0.350 e. The van der Waals surface area contributed by atoms with Crippen LogP contribution in [0.2, 0.25) is 0 Å². The molecule has 8 heteroatoms. The number of aromatic nitrogens is 1. The van der Waals surface area contributed by atoms with E-state index in [1.807, 2.05) is 49.6 Å². The summed E-state index contributed by atoms with van der Waals surface area (Å²) < 4.78 is 2.09. The number of amides is 4. The second-order valence-electron chi connectivity index (χ2n) is 8.75. The number of benzene rings is 1. The van der Waals surface area contributed by atoms with Gasteiger partial charge in [0, 0.05) is 26.1 Å². The lowest BCUT2D eigenvalue weighted by molar-refractivity contribution is -0.911. The lowest BCUT2D eigenvalue weighted by Crippen LogP contribution is -3.11. The molecule has 0 radical (unpaired) electrons. The van der Waals surface area contributed by atoms with Crippen molar-refractivity contribution < 1.29 is 19.3 Å². The molecule has 2 aliphatic rings. The zero-order chi connectivity index (χ0) is 22.0. The molecule has 2 saturated heterocycles. The number of hydrazine groups is 1. The van der Waals surface area contributed by atoms with E-state index in [1.165, 1.54) is 5.69 Å². The van der Waals surface area contributed by atoms with Crippen LogP contribution in [0.3, 0.4) is 0 Å². The highest BCUT2D eigenvalue weighted by Crippen LogP contribution is 2.22. The van der Waals surface area contributed by atoms with Crippen LogP contribution in [-0.4, -0.2) is 46.0 Å². The third-order valence-electron chi connectivity index (χ3n) is 6.47. The molecule has 164 valence electrons. The van der Waals surface area contributed by atoms with Crippen LogP contribution in [-0.2, 0) is 23.1 Å². The van der Waals surface area contributed by atoms with E-state index < -0.39 is 17.5 Å². The van der Waals surface area contributed by atoms with Crippen molar-refractivity contribution >= 4 is 17.8 Å². The third kappa shape index (κ3) is 4.34. The molecule has 31 heavy (non-hydrogen) atoms. The van der Waals surface area contributed by atoms with E-state index >= 15 is 0 Å². The van der Waals surface area contributed by atoms with E-state index in [0.717, 1.165) is 34.9 Å². The van der Waals surface area contributed by atoms with Crippen LogP contribution in [0.1, 0.15) is 43.5 Å². The van der Waals surface area contributed by atoms with Gasteiger partial charge in [-0.1, -0.05) is 30.3 Å². The molecule has 2 fully saturated rings. The van der Waals surface area contributed by atoms with Crippen LogP contribution in [0.25, 0.3) is 0 Å². The lowest BCUT2D eigenvalue weighted by atomic mass is 9.93. The van der Waals surface area contributed by atoms with Gasteiger partial charge in [0.15, 0.2) is 6.54 Å². The van der Waals surface area contributed by atoms with E-state index in [2.05, 4.69) is 21.4 Å². The summed E-state index contributed by atoms with van der Waals surface area (Å²) in [6.45, 7) is 2.81. The summed E-state index contributed by atoms with van der Waals surface area (Å²) in [5, 5.41) is 3.60. The maximum atomic E-state index is 12.9. The van der Waals surface area contributed by atoms with Crippen molar-refractivity contribution in [3.05, 3.63) is 59.9 Å². The first-order valence-electron chi connectivity index (χ1n) is 10.8. The van der Waals surface area contributed by atoms with Gasteiger partial charge in [0.1, 0.15) is 11.6 Å². The molecule has 1 unspecified atom stereocenters. The molecule has 0 aliphatic carbocycles. The smallest absolute Gasteiger partial charge is 0.344 e. The number of urea groups is 1. The monoisotopic (exact) mass is 424 g/mol. The average molecular weight is 425 g/mol. The highest BCUT2D eigenvalue weighted by atomic mass is 16.2. The Kier molecular flexibility index (Phi) is 5.82. The summed E-state index contributed by atoms with van der Waals surface area (Å²) in [4.78, 5) is 39.3. The zero-order valence-corrected chi connectivity index (χ0v) is 18.1. The van der Waals surface area contributed by atoms with Gasteiger partial charge in [-0.3, -0.25) is 15.0 Å². The summed E-state index contributed by atoms with van der Waals surface area (Å²) >= 11 is 0. The van der Waals surface area contributed by atoms with E-state index in [4.69, 9.17) is 0 Å². The topological polar surface area (TPSA) is 87.9 Å². The Morgan fingerprint density at radius 2 is 2.00 bits per heavy atom. The van der Waals surface area contributed by atoms with Crippen molar-refractivity contribution in [2.45, 2.75) is 44.2 Å². The van der Waals surface area contributed by atoms with Gasteiger partial charge >= 0.3 is 6.03 Å². The third-order valence-corrected chi connectivity index (χ3v) is 6.47.